The number of benzene rings is 4. The Balaban J connectivity index is 2.26. The molecule has 114 valence electrons. The molecule has 2 heteroatoms. The van der Waals surface area contributed by atoms with Crippen molar-refractivity contribution in [2.45, 2.75) is 13.5 Å². The molecule has 0 aliphatic carbocycles. The van der Waals surface area contributed by atoms with Crippen LogP contribution in [0.25, 0.3) is 32.3 Å². The molecule has 0 radical (unpaired) electrons. The van der Waals surface area contributed by atoms with E-state index in [0.29, 0.717) is 0 Å². The Morgan fingerprint density at radius 2 is 1.61 bits per heavy atom. The van der Waals surface area contributed by atoms with Crippen LogP contribution in [0, 0.1) is 6.92 Å². The monoisotopic (exact) mass is 302 g/mol. The lowest BCUT2D eigenvalue weighted by Crippen LogP contribution is -1.94. The summed E-state index contributed by atoms with van der Waals surface area (Å²) in [4.78, 5) is 0. The van der Waals surface area contributed by atoms with Crippen LogP contribution < -0.4 is 4.74 Å². The molecule has 0 aliphatic heterocycles. The molecule has 4 aromatic carbocycles. The fraction of sp³-hybridized carbons (Fsp3) is 0.143. The number of aliphatic hydroxyl groups is 1. The summed E-state index contributed by atoms with van der Waals surface area (Å²) < 4.78 is 5.34. The van der Waals surface area contributed by atoms with Crippen LogP contribution in [0.3, 0.4) is 0 Å². The molecule has 0 atom stereocenters. The van der Waals surface area contributed by atoms with Crippen molar-refractivity contribution < 1.29 is 9.84 Å². The zero-order chi connectivity index (χ0) is 16.0. The van der Waals surface area contributed by atoms with Crippen LogP contribution in [0.4, 0.5) is 0 Å². The average Bonchev–Trinajstić information content (AvgIpc) is 2.61. The fourth-order valence-electron chi connectivity index (χ4n) is 3.61. The third-order valence-electron chi connectivity index (χ3n) is 4.74. The van der Waals surface area contributed by atoms with Crippen LogP contribution in [0.2, 0.25) is 0 Å². The summed E-state index contributed by atoms with van der Waals surface area (Å²) in [6.07, 6.45) is 0. The number of ether oxygens (including phenoxy) is 1. The van der Waals surface area contributed by atoms with Crippen molar-refractivity contribution in [3.8, 4) is 5.75 Å². The van der Waals surface area contributed by atoms with E-state index in [-0.39, 0.29) is 6.61 Å². The molecule has 4 rings (SSSR count). The number of hydrogen-bond donors (Lipinski definition) is 1. The van der Waals surface area contributed by atoms with Gasteiger partial charge in [-0.15, -0.1) is 0 Å². The zero-order valence-corrected chi connectivity index (χ0v) is 13.3. The van der Waals surface area contributed by atoms with E-state index in [1.807, 2.05) is 12.1 Å². The smallest absolute Gasteiger partial charge is 0.119 e. The van der Waals surface area contributed by atoms with E-state index in [4.69, 9.17) is 4.74 Å². The van der Waals surface area contributed by atoms with E-state index in [0.717, 1.165) is 27.5 Å². The Kier molecular flexibility index (Phi) is 3.21. The Hall–Kier alpha value is -2.58. The minimum absolute atomic E-state index is 0.0406. The van der Waals surface area contributed by atoms with Crippen LogP contribution in [-0.2, 0) is 6.61 Å². The third kappa shape index (κ3) is 1.99. The predicted molar refractivity (Wildman–Crippen MR) is 96.2 cm³/mol. The average molecular weight is 302 g/mol. The van der Waals surface area contributed by atoms with Crippen molar-refractivity contribution in [2.24, 2.45) is 0 Å². The molecular formula is C21H18O2. The van der Waals surface area contributed by atoms with Gasteiger partial charge in [-0.05, 0) is 62.5 Å². The molecular weight excluding hydrogens is 284 g/mol. The highest BCUT2D eigenvalue weighted by atomic mass is 16.5. The maximum atomic E-state index is 9.96. The molecule has 0 heterocycles. The molecule has 0 aromatic heterocycles. The summed E-state index contributed by atoms with van der Waals surface area (Å²) in [5.74, 6) is 0.859. The summed E-state index contributed by atoms with van der Waals surface area (Å²) in [6.45, 7) is 2.20. The van der Waals surface area contributed by atoms with Crippen LogP contribution in [0.1, 0.15) is 11.1 Å². The zero-order valence-electron chi connectivity index (χ0n) is 13.3. The van der Waals surface area contributed by atoms with Gasteiger partial charge in [0.1, 0.15) is 5.75 Å². The summed E-state index contributed by atoms with van der Waals surface area (Å²) >= 11 is 0. The van der Waals surface area contributed by atoms with Gasteiger partial charge in [0.2, 0.25) is 0 Å². The maximum Gasteiger partial charge on any atom is 0.119 e. The minimum Gasteiger partial charge on any atom is -0.497 e. The van der Waals surface area contributed by atoms with Gasteiger partial charge < -0.3 is 9.84 Å². The molecule has 1 N–H and O–H groups in total. The summed E-state index contributed by atoms with van der Waals surface area (Å²) in [5, 5.41) is 17.0. The van der Waals surface area contributed by atoms with Crippen molar-refractivity contribution in [2.75, 3.05) is 7.11 Å². The largest absolute Gasteiger partial charge is 0.497 e. The van der Waals surface area contributed by atoms with Gasteiger partial charge in [0.15, 0.2) is 0 Å². The quantitative estimate of drug-likeness (QED) is 0.419. The summed E-state index contributed by atoms with van der Waals surface area (Å²) in [6, 6.07) is 18.7. The molecule has 2 nitrogen and oxygen atoms in total. The van der Waals surface area contributed by atoms with Gasteiger partial charge in [0, 0.05) is 0 Å². The number of aryl methyl sites for hydroxylation is 1. The molecule has 23 heavy (non-hydrogen) atoms. The van der Waals surface area contributed by atoms with Gasteiger partial charge in [-0.1, -0.05) is 42.5 Å². The van der Waals surface area contributed by atoms with Crippen molar-refractivity contribution in [3.63, 3.8) is 0 Å². The summed E-state index contributed by atoms with van der Waals surface area (Å²) in [5.41, 5.74) is 2.25. The lowest BCUT2D eigenvalue weighted by atomic mass is 9.89. The van der Waals surface area contributed by atoms with Gasteiger partial charge >= 0.3 is 0 Å². The normalized spacial score (nSPS) is 11.4. The number of aliphatic hydroxyl groups excluding tert-OH is 1. The van der Waals surface area contributed by atoms with Crippen LogP contribution in [0.15, 0.2) is 54.6 Å². The van der Waals surface area contributed by atoms with E-state index in [1.165, 1.54) is 21.7 Å². The van der Waals surface area contributed by atoms with Gasteiger partial charge in [-0.3, -0.25) is 0 Å². The molecule has 0 unspecified atom stereocenters. The van der Waals surface area contributed by atoms with E-state index < -0.39 is 0 Å². The Morgan fingerprint density at radius 3 is 2.35 bits per heavy atom. The first-order valence-electron chi connectivity index (χ1n) is 7.76. The van der Waals surface area contributed by atoms with Crippen molar-refractivity contribution in [1.29, 1.82) is 0 Å². The van der Waals surface area contributed by atoms with Crippen LogP contribution in [-0.4, -0.2) is 12.2 Å². The topological polar surface area (TPSA) is 29.5 Å². The van der Waals surface area contributed by atoms with Crippen LogP contribution >= 0.6 is 0 Å². The van der Waals surface area contributed by atoms with E-state index in [9.17, 15) is 5.11 Å². The second-order valence-corrected chi connectivity index (χ2v) is 5.88. The second-order valence-electron chi connectivity index (χ2n) is 5.88. The number of rotatable bonds is 2. The van der Waals surface area contributed by atoms with Crippen LogP contribution in [0.5, 0.6) is 5.75 Å². The molecule has 0 spiro atoms. The van der Waals surface area contributed by atoms with Crippen molar-refractivity contribution in [1.82, 2.24) is 0 Å². The Bertz CT molecular complexity index is 1050. The van der Waals surface area contributed by atoms with Crippen molar-refractivity contribution in [3.05, 3.63) is 65.7 Å². The number of fused-ring (bicyclic) bond motifs is 4. The summed E-state index contributed by atoms with van der Waals surface area (Å²) in [7, 11) is 1.69. The first-order valence-corrected chi connectivity index (χ1v) is 7.76. The fourth-order valence-corrected chi connectivity index (χ4v) is 3.61. The SMILES string of the molecule is COc1ccc2c(ccc3c(CO)c4ccccc4c(C)c32)c1. The highest BCUT2D eigenvalue weighted by molar-refractivity contribution is 6.16. The maximum absolute atomic E-state index is 9.96. The highest BCUT2D eigenvalue weighted by Gasteiger charge is 2.13. The predicted octanol–water partition coefficient (Wildman–Crippen LogP) is 4.96. The molecule has 0 fully saturated rings. The first kappa shape index (κ1) is 14.0. The standard InChI is InChI=1S/C21H18O2/c1-13-16-5-3-4-6-18(16)20(12-22)19-9-7-14-11-15(23-2)8-10-17(14)21(13)19/h3-11,22H,12H2,1-2H3. The molecule has 4 aromatic rings. The highest BCUT2D eigenvalue weighted by Crippen LogP contribution is 2.37. The lowest BCUT2D eigenvalue weighted by Gasteiger charge is -2.15. The minimum atomic E-state index is 0.0406. The van der Waals surface area contributed by atoms with E-state index >= 15 is 0 Å². The van der Waals surface area contributed by atoms with Gasteiger partial charge in [0.25, 0.3) is 0 Å². The Labute approximate surface area is 134 Å². The molecule has 0 saturated heterocycles. The third-order valence-corrected chi connectivity index (χ3v) is 4.74. The lowest BCUT2D eigenvalue weighted by molar-refractivity contribution is 0.285. The molecule has 0 amide bonds. The Morgan fingerprint density at radius 1 is 0.870 bits per heavy atom. The molecule has 0 saturated carbocycles. The van der Waals surface area contributed by atoms with Gasteiger partial charge in [-0.25, -0.2) is 0 Å². The number of hydrogen-bond acceptors (Lipinski definition) is 2. The first-order chi connectivity index (χ1) is 11.2. The van der Waals surface area contributed by atoms with E-state index in [2.05, 4.69) is 49.4 Å². The van der Waals surface area contributed by atoms with Gasteiger partial charge in [0.05, 0.1) is 13.7 Å². The van der Waals surface area contributed by atoms with Crippen molar-refractivity contribution >= 4 is 32.3 Å². The molecule has 0 aliphatic rings. The van der Waals surface area contributed by atoms with E-state index in [1.54, 1.807) is 7.11 Å². The molecule has 0 bridgehead atoms. The second kappa shape index (κ2) is 5.25. The van der Waals surface area contributed by atoms with Gasteiger partial charge in [-0.2, -0.15) is 0 Å². The number of methoxy groups -OCH3 is 1.